The summed E-state index contributed by atoms with van der Waals surface area (Å²) in [6.45, 7) is 6.62. The molecule has 0 aliphatic rings. The third kappa shape index (κ3) is 5.34. The molecular formula is C13H18N2OSi. The van der Waals surface area contributed by atoms with E-state index in [9.17, 15) is 4.79 Å². The van der Waals surface area contributed by atoms with Crippen molar-refractivity contribution in [2.75, 3.05) is 0 Å². The summed E-state index contributed by atoms with van der Waals surface area (Å²) in [4.78, 5) is 11.1. The van der Waals surface area contributed by atoms with Crippen LogP contribution in [0.25, 0.3) is 0 Å². The van der Waals surface area contributed by atoms with Gasteiger partial charge >= 0.3 is 0 Å². The van der Waals surface area contributed by atoms with Gasteiger partial charge in [-0.05, 0) is 17.7 Å². The second-order valence-corrected chi connectivity index (χ2v) is 9.69. The van der Waals surface area contributed by atoms with Gasteiger partial charge in [0.05, 0.1) is 6.42 Å². The summed E-state index contributed by atoms with van der Waals surface area (Å²) in [5.41, 5.74) is 7.34. The first-order valence-electron chi connectivity index (χ1n) is 5.52. The van der Waals surface area contributed by atoms with Crippen LogP contribution in [0.15, 0.2) is 24.3 Å². The highest BCUT2D eigenvalue weighted by molar-refractivity contribution is 6.83. The Morgan fingerprint density at radius 1 is 1.29 bits per heavy atom. The molecule has 0 heterocycles. The van der Waals surface area contributed by atoms with E-state index in [1.54, 1.807) is 0 Å². The predicted octanol–water partition coefficient (Wildman–Crippen LogP) is 1.45. The van der Waals surface area contributed by atoms with Crippen LogP contribution in [0.2, 0.25) is 19.6 Å². The van der Waals surface area contributed by atoms with Crippen LogP contribution >= 0.6 is 0 Å². The molecule has 17 heavy (non-hydrogen) atoms. The van der Waals surface area contributed by atoms with Gasteiger partial charge < -0.3 is 0 Å². The van der Waals surface area contributed by atoms with Gasteiger partial charge in [-0.2, -0.15) is 0 Å². The molecule has 3 N–H and O–H groups in total. The van der Waals surface area contributed by atoms with E-state index in [1.807, 2.05) is 24.3 Å². The molecule has 0 aliphatic heterocycles. The van der Waals surface area contributed by atoms with E-state index in [-0.39, 0.29) is 5.91 Å². The first-order valence-corrected chi connectivity index (χ1v) is 9.02. The first kappa shape index (κ1) is 13.5. The van der Waals surface area contributed by atoms with Gasteiger partial charge in [-0.25, -0.2) is 5.84 Å². The van der Waals surface area contributed by atoms with E-state index in [0.717, 1.165) is 11.1 Å². The third-order valence-corrected chi connectivity index (χ3v) is 2.94. The minimum atomic E-state index is -1.33. The molecule has 0 radical (unpaired) electrons. The Labute approximate surface area is 103 Å². The van der Waals surface area contributed by atoms with Crippen molar-refractivity contribution in [3.8, 4) is 11.5 Å². The van der Waals surface area contributed by atoms with Crippen LogP contribution in [0.5, 0.6) is 0 Å². The number of benzene rings is 1. The average molecular weight is 246 g/mol. The van der Waals surface area contributed by atoms with Gasteiger partial charge in [-0.1, -0.05) is 37.7 Å². The van der Waals surface area contributed by atoms with Crippen molar-refractivity contribution < 1.29 is 4.79 Å². The van der Waals surface area contributed by atoms with Crippen molar-refractivity contribution in [1.82, 2.24) is 5.43 Å². The zero-order chi connectivity index (χ0) is 12.9. The summed E-state index contributed by atoms with van der Waals surface area (Å²) < 4.78 is 0. The summed E-state index contributed by atoms with van der Waals surface area (Å²) in [7, 11) is -1.33. The first-order chi connectivity index (χ1) is 7.90. The number of amides is 1. The summed E-state index contributed by atoms with van der Waals surface area (Å²) in [6, 6.07) is 7.69. The highest BCUT2D eigenvalue weighted by Crippen LogP contribution is 2.05. The van der Waals surface area contributed by atoms with Crippen LogP contribution in [0.1, 0.15) is 11.1 Å². The van der Waals surface area contributed by atoms with Crippen molar-refractivity contribution in [2.45, 2.75) is 26.1 Å². The Balaban J connectivity index is 2.74. The van der Waals surface area contributed by atoms with Crippen molar-refractivity contribution in [3.05, 3.63) is 35.4 Å². The highest BCUT2D eigenvalue weighted by Gasteiger charge is 2.07. The molecule has 90 valence electrons. The van der Waals surface area contributed by atoms with Crippen LogP contribution < -0.4 is 11.3 Å². The molecule has 0 aromatic heterocycles. The molecule has 0 saturated heterocycles. The Kier molecular flexibility index (Phi) is 4.50. The SMILES string of the molecule is C[Si](C)(C)C#Cc1ccc(CC(=O)NN)cc1. The normalized spacial score (nSPS) is 10.4. The molecule has 0 aliphatic carbocycles. The van der Waals surface area contributed by atoms with Gasteiger partial charge in [0.1, 0.15) is 8.07 Å². The number of hydrogen-bond donors (Lipinski definition) is 2. The zero-order valence-corrected chi connectivity index (χ0v) is 11.5. The minimum Gasteiger partial charge on any atom is -0.294 e. The fraction of sp³-hybridized carbons (Fsp3) is 0.308. The number of rotatable bonds is 2. The van der Waals surface area contributed by atoms with Gasteiger partial charge in [0.15, 0.2) is 0 Å². The smallest absolute Gasteiger partial charge is 0.238 e. The van der Waals surface area contributed by atoms with Crippen molar-refractivity contribution in [2.24, 2.45) is 5.84 Å². The topological polar surface area (TPSA) is 55.1 Å². The fourth-order valence-corrected chi connectivity index (χ4v) is 1.72. The van der Waals surface area contributed by atoms with Crippen molar-refractivity contribution in [1.29, 1.82) is 0 Å². The number of carbonyl (C=O) groups excluding carboxylic acids is 1. The number of nitrogens with two attached hydrogens (primary N) is 1. The Morgan fingerprint density at radius 3 is 2.35 bits per heavy atom. The van der Waals surface area contributed by atoms with Crippen LogP contribution in [-0.2, 0) is 11.2 Å². The van der Waals surface area contributed by atoms with E-state index in [1.165, 1.54) is 0 Å². The van der Waals surface area contributed by atoms with Crippen LogP contribution in [0, 0.1) is 11.5 Å². The monoisotopic (exact) mass is 246 g/mol. The molecule has 1 aromatic carbocycles. The molecule has 0 saturated carbocycles. The minimum absolute atomic E-state index is 0.189. The van der Waals surface area contributed by atoms with E-state index >= 15 is 0 Å². The van der Waals surface area contributed by atoms with E-state index in [0.29, 0.717) is 6.42 Å². The third-order valence-electron chi connectivity index (χ3n) is 2.06. The van der Waals surface area contributed by atoms with Gasteiger partial charge in [0.25, 0.3) is 0 Å². The maximum atomic E-state index is 11.1. The van der Waals surface area contributed by atoms with E-state index in [2.05, 4.69) is 36.5 Å². The highest BCUT2D eigenvalue weighted by atomic mass is 28.3. The molecule has 0 unspecified atom stereocenters. The lowest BCUT2D eigenvalue weighted by Gasteiger charge is -2.03. The van der Waals surface area contributed by atoms with Gasteiger partial charge in [0.2, 0.25) is 5.91 Å². The van der Waals surface area contributed by atoms with Crippen molar-refractivity contribution >= 4 is 14.0 Å². The maximum absolute atomic E-state index is 11.1. The Morgan fingerprint density at radius 2 is 1.88 bits per heavy atom. The number of hydrazine groups is 1. The Hall–Kier alpha value is -1.57. The van der Waals surface area contributed by atoms with Gasteiger partial charge in [0, 0.05) is 5.56 Å². The molecule has 0 fully saturated rings. The number of hydrogen-bond acceptors (Lipinski definition) is 2. The molecule has 3 nitrogen and oxygen atoms in total. The van der Waals surface area contributed by atoms with Crippen molar-refractivity contribution in [3.63, 3.8) is 0 Å². The molecular weight excluding hydrogens is 228 g/mol. The van der Waals surface area contributed by atoms with E-state index in [4.69, 9.17) is 5.84 Å². The molecule has 4 heteroatoms. The second kappa shape index (κ2) is 5.67. The Bertz CT molecular complexity index is 449. The van der Waals surface area contributed by atoms with Gasteiger partial charge in [-0.15, -0.1) is 5.54 Å². The zero-order valence-electron chi connectivity index (χ0n) is 10.5. The average Bonchev–Trinajstić information content (AvgIpc) is 2.27. The largest absolute Gasteiger partial charge is 0.294 e. The van der Waals surface area contributed by atoms with Gasteiger partial charge in [-0.3, -0.25) is 10.2 Å². The van der Waals surface area contributed by atoms with Crippen LogP contribution in [0.3, 0.4) is 0 Å². The molecule has 0 atom stereocenters. The summed E-state index contributed by atoms with van der Waals surface area (Å²) in [5, 5.41) is 0. The summed E-state index contributed by atoms with van der Waals surface area (Å²) in [5.74, 6) is 8.00. The lowest BCUT2D eigenvalue weighted by atomic mass is 10.1. The lowest BCUT2D eigenvalue weighted by Crippen LogP contribution is -2.31. The standard InChI is InChI=1S/C13H18N2OSi/c1-17(2,3)9-8-11-4-6-12(7-5-11)10-13(16)15-14/h4-7H,10,14H2,1-3H3,(H,15,16). The van der Waals surface area contributed by atoms with E-state index < -0.39 is 8.07 Å². The number of nitrogens with one attached hydrogen (secondary N) is 1. The summed E-state index contributed by atoms with van der Waals surface area (Å²) >= 11 is 0. The van der Waals surface area contributed by atoms with Crippen LogP contribution in [-0.4, -0.2) is 14.0 Å². The van der Waals surface area contributed by atoms with Crippen LogP contribution in [0.4, 0.5) is 0 Å². The second-order valence-electron chi connectivity index (χ2n) is 4.94. The fourth-order valence-electron chi connectivity index (χ4n) is 1.20. The molecule has 0 spiro atoms. The molecule has 0 bridgehead atoms. The predicted molar refractivity (Wildman–Crippen MR) is 72.7 cm³/mol. The molecule has 1 rings (SSSR count). The number of carbonyl (C=O) groups is 1. The molecule has 1 aromatic rings. The molecule has 1 amide bonds. The quantitative estimate of drug-likeness (QED) is 0.273. The summed E-state index contributed by atoms with van der Waals surface area (Å²) in [6.07, 6.45) is 0.304. The lowest BCUT2D eigenvalue weighted by molar-refractivity contribution is -0.120. The maximum Gasteiger partial charge on any atom is 0.238 e.